The standard InChI is InChI=1S/C11H8N6/c12-6-7-5-8-9(13)15-16-10(8)14-11(7)17-3-1-2-4-17/h1-5H,(H3,13,14,15,16). The number of H-pyrrole nitrogens is 1. The van der Waals surface area contributed by atoms with Crippen molar-refractivity contribution >= 4 is 16.9 Å². The van der Waals surface area contributed by atoms with E-state index in [1.54, 1.807) is 10.6 Å². The number of nitrogens with zero attached hydrogens (tertiary/aromatic N) is 4. The zero-order chi connectivity index (χ0) is 11.8. The Labute approximate surface area is 96.3 Å². The van der Waals surface area contributed by atoms with Crippen LogP contribution >= 0.6 is 0 Å². The largest absolute Gasteiger partial charge is 0.384 e. The van der Waals surface area contributed by atoms with Crippen molar-refractivity contribution < 1.29 is 0 Å². The number of nitrogen functional groups attached to an aromatic ring is 1. The first-order chi connectivity index (χ1) is 8.29. The topological polar surface area (TPSA) is 96.3 Å². The predicted molar refractivity (Wildman–Crippen MR) is 62.3 cm³/mol. The average molecular weight is 224 g/mol. The SMILES string of the molecule is N#Cc1cc2c(N)[nH]nc2nc1-n1cccc1. The van der Waals surface area contributed by atoms with Crippen LogP contribution in [0.25, 0.3) is 16.9 Å². The molecule has 3 aromatic rings. The molecule has 3 N–H and O–H groups in total. The van der Waals surface area contributed by atoms with Crippen molar-refractivity contribution in [3.05, 3.63) is 36.2 Å². The Morgan fingerprint density at radius 2 is 2.12 bits per heavy atom. The first-order valence-electron chi connectivity index (χ1n) is 4.97. The summed E-state index contributed by atoms with van der Waals surface area (Å²) in [6, 6.07) is 7.54. The first kappa shape index (κ1) is 9.42. The lowest BCUT2D eigenvalue weighted by Gasteiger charge is -2.03. The van der Waals surface area contributed by atoms with Crippen LogP contribution in [-0.4, -0.2) is 19.7 Å². The van der Waals surface area contributed by atoms with Crippen LogP contribution < -0.4 is 5.73 Å². The number of rotatable bonds is 1. The van der Waals surface area contributed by atoms with E-state index in [-0.39, 0.29) is 0 Å². The molecule has 3 aromatic heterocycles. The molecule has 0 radical (unpaired) electrons. The van der Waals surface area contributed by atoms with Crippen molar-refractivity contribution in [3.8, 4) is 11.9 Å². The Kier molecular flexibility index (Phi) is 1.86. The van der Waals surface area contributed by atoms with Gasteiger partial charge in [-0.25, -0.2) is 4.98 Å². The van der Waals surface area contributed by atoms with E-state index in [1.165, 1.54) is 0 Å². The number of anilines is 1. The third-order valence-electron chi connectivity index (χ3n) is 2.52. The van der Waals surface area contributed by atoms with Gasteiger partial charge in [0.2, 0.25) is 0 Å². The molecular formula is C11H8N6. The molecule has 0 bridgehead atoms. The van der Waals surface area contributed by atoms with Gasteiger partial charge in [0.25, 0.3) is 0 Å². The molecule has 0 aromatic carbocycles. The number of aromatic nitrogens is 4. The Hall–Kier alpha value is -2.81. The van der Waals surface area contributed by atoms with Crippen LogP contribution in [0.4, 0.5) is 5.82 Å². The summed E-state index contributed by atoms with van der Waals surface area (Å²) < 4.78 is 1.77. The molecule has 0 saturated carbocycles. The summed E-state index contributed by atoms with van der Waals surface area (Å²) in [5, 5.41) is 16.4. The Morgan fingerprint density at radius 3 is 2.82 bits per heavy atom. The van der Waals surface area contributed by atoms with Gasteiger partial charge in [-0.1, -0.05) is 0 Å². The number of fused-ring (bicyclic) bond motifs is 1. The molecular weight excluding hydrogens is 216 g/mol. The van der Waals surface area contributed by atoms with Gasteiger partial charge in [-0.05, 0) is 18.2 Å². The maximum Gasteiger partial charge on any atom is 0.185 e. The predicted octanol–water partition coefficient (Wildman–Crippen LogP) is 1.20. The molecule has 3 rings (SSSR count). The summed E-state index contributed by atoms with van der Waals surface area (Å²) in [5.74, 6) is 0.972. The maximum atomic E-state index is 9.13. The minimum absolute atomic E-state index is 0.419. The van der Waals surface area contributed by atoms with E-state index in [1.807, 2.05) is 24.5 Å². The van der Waals surface area contributed by atoms with Crippen molar-refractivity contribution in [2.24, 2.45) is 0 Å². The summed E-state index contributed by atoms with van der Waals surface area (Å²) in [4.78, 5) is 4.33. The lowest BCUT2D eigenvalue weighted by Crippen LogP contribution is -1.98. The summed E-state index contributed by atoms with van der Waals surface area (Å²) in [6.45, 7) is 0. The third-order valence-corrected chi connectivity index (χ3v) is 2.52. The van der Waals surface area contributed by atoms with Crippen molar-refractivity contribution in [3.63, 3.8) is 0 Å². The van der Waals surface area contributed by atoms with Crippen molar-refractivity contribution in [2.75, 3.05) is 5.73 Å². The Morgan fingerprint density at radius 1 is 1.35 bits per heavy atom. The van der Waals surface area contributed by atoms with Gasteiger partial charge in [0, 0.05) is 12.4 Å². The molecule has 0 spiro atoms. The maximum absolute atomic E-state index is 9.13. The highest BCUT2D eigenvalue weighted by Crippen LogP contribution is 2.21. The second-order valence-corrected chi connectivity index (χ2v) is 3.57. The molecule has 0 aliphatic rings. The fraction of sp³-hybridized carbons (Fsp3) is 0. The van der Waals surface area contributed by atoms with E-state index in [0.29, 0.717) is 28.2 Å². The van der Waals surface area contributed by atoms with Gasteiger partial charge in [-0.15, -0.1) is 0 Å². The zero-order valence-electron chi connectivity index (χ0n) is 8.75. The Balaban J connectivity index is 2.35. The van der Waals surface area contributed by atoms with Gasteiger partial charge in [0.1, 0.15) is 11.9 Å². The van der Waals surface area contributed by atoms with Crippen LogP contribution in [0.5, 0.6) is 0 Å². The molecule has 3 heterocycles. The number of hydrogen-bond acceptors (Lipinski definition) is 4. The summed E-state index contributed by atoms with van der Waals surface area (Å²) in [7, 11) is 0. The summed E-state index contributed by atoms with van der Waals surface area (Å²) in [6.07, 6.45) is 3.65. The van der Waals surface area contributed by atoms with Gasteiger partial charge in [0.15, 0.2) is 11.5 Å². The Bertz CT molecular complexity index is 716. The van der Waals surface area contributed by atoms with Gasteiger partial charge < -0.3 is 10.3 Å². The van der Waals surface area contributed by atoms with Crippen LogP contribution in [0.15, 0.2) is 30.6 Å². The van der Waals surface area contributed by atoms with E-state index in [0.717, 1.165) is 0 Å². The number of hydrogen-bond donors (Lipinski definition) is 2. The lowest BCUT2D eigenvalue weighted by molar-refractivity contribution is 1.00. The molecule has 82 valence electrons. The highest BCUT2D eigenvalue weighted by atomic mass is 15.2. The number of nitrogens with two attached hydrogens (primary N) is 1. The normalized spacial score (nSPS) is 10.5. The van der Waals surface area contributed by atoms with Crippen molar-refractivity contribution in [2.45, 2.75) is 0 Å². The average Bonchev–Trinajstić information content (AvgIpc) is 2.98. The van der Waals surface area contributed by atoms with Crippen LogP contribution in [0, 0.1) is 11.3 Å². The molecule has 0 amide bonds. The molecule has 0 unspecified atom stereocenters. The minimum atomic E-state index is 0.419. The fourth-order valence-corrected chi connectivity index (χ4v) is 1.71. The lowest BCUT2D eigenvalue weighted by atomic mass is 10.2. The quantitative estimate of drug-likeness (QED) is 0.649. The molecule has 6 heteroatoms. The van der Waals surface area contributed by atoms with Crippen molar-refractivity contribution in [1.82, 2.24) is 19.7 Å². The molecule has 0 aliphatic heterocycles. The number of nitrogens with one attached hydrogen (secondary N) is 1. The molecule has 0 aliphatic carbocycles. The highest BCUT2D eigenvalue weighted by molar-refractivity contribution is 5.87. The zero-order valence-corrected chi connectivity index (χ0v) is 8.75. The number of pyridine rings is 1. The van der Waals surface area contributed by atoms with Gasteiger partial charge in [-0.3, -0.25) is 5.10 Å². The molecule has 6 nitrogen and oxygen atoms in total. The van der Waals surface area contributed by atoms with E-state index >= 15 is 0 Å². The van der Waals surface area contributed by atoms with Gasteiger partial charge >= 0.3 is 0 Å². The second-order valence-electron chi connectivity index (χ2n) is 3.57. The number of aromatic amines is 1. The molecule has 0 fully saturated rings. The van der Waals surface area contributed by atoms with E-state index in [9.17, 15) is 0 Å². The molecule has 0 atom stereocenters. The van der Waals surface area contributed by atoms with E-state index in [2.05, 4.69) is 21.3 Å². The third kappa shape index (κ3) is 1.33. The van der Waals surface area contributed by atoms with Crippen molar-refractivity contribution in [1.29, 1.82) is 5.26 Å². The van der Waals surface area contributed by atoms with Crippen LogP contribution in [0.1, 0.15) is 5.56 Å². The smallest absolute Gasteiger partial charge is 0.185 e. The van der Waals surface area contributed by atoms with Crippen LogP contribution in [0.3, 0.4) is 0 Å². The summed E-state index contributed by atoms with van der Waals surface area (Å²) in [5.41, 5.74) is 6.66. The van der Waals surface area contributed by atoms with E-state index < -0.39 is 0 Å². The fourth-order valence-electron chi connectivity index (χ4n) is 1.71. The van der Waals surface area contributed by atoms with Crippen LogP contribution in [-0.2, 0) is 0 Å². The molecule has 17 heavy (non-hydrogen) atoms. The molecule has 0 saturated heterocycles. The van der Waals surface area contributed by atoms with Crippen LogP contribution in [0.2, 0.25) is 0 Å². The minimum Gasteiger partial charge on any atom is -0.384 e. The first-order valence-corrected chi connectivity index (χ1v) is 4.97. The van der Waals surface area contributed by atoms with Gasteiger partial charge in [0.05, 0.1) is 10.9 Å². The second kappa shape index (κ2) is 3.35. The summed E-state index contributed by atoms with van der Waals surface area (Å²) >= 11 is 0. The monoisotopic (exact) mass is 224 g/mol. The van der Waals surface area contributed by atoms with Gasteiger partial charge in [-0.2, -0.15) is 10.4 Å². The number of nitriles is 1. The highest BCUT2D eigenvalue weighted by Gasteiger charge is 2.11. The van der Waals surface area contributed by atoms with E-state index in [4.69, 9.17) is 11.0 Å².